The van der Waals surface area contributed by atoms with Crippen molar-refractivity contribution in [3.8, 4) is 0 Å². The summed E-state index contributed by atoms with van der Waals surface area (Å²) in [6, 6.07) is 0. The van der Waals surface area contributed by atoms with Crippen LogP contribution < -0.4 is 0 Å². The zero-order chi connectivity index (χ0) is 23.2. The van der Waals surface area contributed by atoms with Crippen LogP contribution in [0.5, 0.6) is 0 Å². The summed E-state index contributed by atoms with van der Waals surface area (Å²) in [7, 11) is 0. The third kappa shape index (κ3) is 2.60. The lowest BCUT2D eigenvalue weighted by molar-refractivity contribution is -0.141. The minimum atomic E-state index is -0.209. The molecule has 1 N–H and O–H groups in total. The van der Waals surface area contributed by atoms with Gasteiger partial charge in [0.05, 0.1) is 0 Å². The molecule has 0 heterocycles. The Morgan fingerprint density at radius 1 is 1.12 bits per heavy atom. The van der Waals surface area contributed by atoms with Gasteiger partial charge in [-0.2, -0.15) is 0 Å². The number of fused-ring (bicyclic) bond motifs is 2. The number of aliphatic hydroxyl groups is 1. The van der Waals surface area contributed by atoms with Gasteiger partial charge in [0, 0.05) is 17.9 Å². The summed E-state index contributed by atoms with van der Waals surface area (Å²) in [4.78, 5) is 12.7. The van der Waals surface area contributed by atoms with Crippen molar-refractivity contribution >= 4 is 5.78 Å². The van der Waals surface area contributed by atoms with Crippen molar-refractivity contribution in [1.29, 1.82) is 0 Å². The van der Waals surface area contributed by atoms with Crippen molar-refractivity contribution in [2.75, 3.05) is 6.61 Å². The lowest BCUT2D eigenvalue weighted by atomic mass is 9.42. The minimum Gasteiger partial charge on any atom is -0.396 e. The van der Waals surface area contributed by atoms with E-state index in [-0.39, 0.29) is 28.8 Å². The molecule has 0 saturated heterocycles. The minimum absolute atomic E-state index is 0.209. The van der Waals surface area contributed by atoms with E-state index >= 15 is 0 Å². The molecule has 2 heteroatoms. The molecule has 176 valence electrons. The van der Waals surface area contributed by atoms with Gasteiger partial charge in [0.25, 0.3) is 0 Å². The van der Waals surface area contributed by atoms with Gasteiger partial charge in [-0.05, 0) is 104 Å². The molecule has 0 aromatic rings. The number of aliphatic hydroxyl groups excluding tert-OH is 1. The average Bonchev–Trinajstić information content (AvgIpc) is 3.32. The summed E-state index contributed by atoms with van der Waals surface area (Å²) in [5, 5.41) is 10.4. The first kappa shape index (κ1) is 22.6. The van der Waals surface area contributed by atoms with Gasteiger partial charge in [-0.15, -0.1) is 0 Å². The second-order valence-corrected chi connectivity index (χ2v) is 13.4. The van der Waals surface area contributed by atoms with E-state index in [1.165, 1.54) is 50.5 Å². The largest absolute Gasteiger partial charge is 0.396 e. The number of carbonyl (C=O) groups excluding carboxylic acids is 1. The van der Waals surface area contributed by atoms with Crippen molar-refractivity contribution in [3.63, 3.8) is 0 Å². The van der Waals surface area contributed by atoms with Gasteiger partial charge in [0.1, 0.15) is 0 Å². The summed E-state index contributed by atoms with van der Waals surface area (Å²) in [6.45, 7) is 16.0. The maximum absolute atomic E-state index is 12.7. The summed E-state index contributed by atoms with van der Waals surface area (Å²) >= 11 is 0. The van der Waals surface area contributed by atoms with Crippen LogP contribution in [0.1, 0.15) is 86.0 Å². The maximum atomic E-state index is 12.7. The molecule has 0 aromatic carbocycles. The molecule has 32 heavy (non-hydrogen) atoms. The Balaban J connectivity index is 1.46. The summed E-state index contributed by atoms with van der Waals surface area (Å²) in [5.41, 5.74) is 2.27. The van der Waals surface area contributed by atoms with Crippen molar-refractivity contribution in [2.45, 2.75) is 86.0 Å². The molecule has 0 amide bonds. The quantitative estimate of drug-likeness (QED) is 0.476. The van der Waals surface area contributed by atoms with Gasteiger partial charge in [0.2, 0.25) is 0 Å². The predicted molar refractivity (Wildman–Crippen MR) is 131 cm³/mol. The molecule has 0 aromatic heterocycles. The Morgan fingerprint density at radius 2 is 1.84 bits per heavy atom. The van der Waals surface area contributed by atoms with Crippen LogP contribution in [0.3, 0.4) is 0 Å². The molecule has 4 fully saturated rings. The first-order valence-electron chi connectivity index (χ1n) is 13.1. The molecule has 5 rings (SSSR count). The van der Waals surface area contributed by atoms with Crippen LogP contribution in [0.2, 0.25) is 0 Å². The summed E-state index contributed by atoms with van der Waals surface area (Å²) < 4.78 is 0. The molecule has 2 nitrogen and oxygen atoms in total. The van der Waals surface area contributed by atoms with Gasteiger partial charge in [-0.1, -0.05) is 58.1 Å². The first-order chi connectivity index (χ1) is 15.0. The van der Waals surface area contributed by atoms with E-state index in [1.807, 2.05) is 6.08 Å². The molecule has 0 radical (unpaired) electrons. The van der Waals surface area contributed by atoms with Crippen LogP contribution in [0, 0.1) is 50.7 Å². The molecule has 8 atom stereocenters. The van der Waals surface area contributed by atoms with Crippen LogP contribution >= 0.6 is 0 Å². The van der Waals surface area contributed by atoms with E-state index in [0.717, 1.165) is 12.3 Å². The molecule has 5 aliphatic carbocycles. The van der Waals surface area contributed by atoms with Crippen LogP contribution in [-0.2, 0) is 4.79 Å². The fourth-order valence-corrected chi connectivity index (χ4v) is 10.1. The zero-order valence-corrected chi connectivity index (χ0v) is 21.0. The Kier molecular flexibility index (Phi) is 4.91. The van der Waals surface area contributed by atoms with E-state index in [1.54, 1.807) is 0 Å². The normalized spacial score (nSPS) is 49.2. The molecule has 5 aliphatic rings. The van der Waals surface area contributed by atoms with Crippen molar-refractivity contribution in [3.05, 3.63) is 36.5 Å². The molecule has 0 bridgehead atoms. The highest BCUT2D eigenvalue weighted by atomic mass is 16.3. The van der Waals surface area contributed by atoms with Crippen LogP contribution in [0.25, 0.3) is 0 Å². The summed E-state index contributed by atoms with van der Waals surface area (Å²) in [6.07, 6.45) is 18.7. The van der Waals surface area contributed by atoms with E-state index in [4.69, 9.17) is 0 Å². The van der Waals surface area contributed by atoms with E-state index in [0.29, 0.717) is 28.4 Å². The smallest absolute Gasteiger partial charge is 0.161 e. The number of hydrogen-bond acceptors (Lipinski definition) is 2. The number of hydrogen-bond donors (Lipinski definition) is 1. The standard InChI is InChI=1S/C30H44O2/c1-20(2)8-7-9-21(18-31)22-12-14-28(6)24-11-10-23-26(3,4)25(32)13-15-29(23)19-30(24,29)17-16-27(22,28)5/h7,9,13,15,21-24,31H,1,8,10-12,14,16-19H2,2-6H3/b9-7+/t21-,22+,23-,24-,27+,28-,29+,30-/m0/s1. The zero-order valence-electron chi connectivity index (χ0n) is 21.0. The lowest BCUT2D eigenvalue weighted by Crippen LogP contribution is -2.56. The van der Waals surface area contributed by atoms with Gasteiger partial charge >= 0.3 is 0 Å². The Morgan fingerprint density at radius 3 is 2.53 bits per heavy atom. The topological polar surface area (TPSA) is 37.3 Å². The van der Waals surface area contributed by atoms with Crippen LogP contribution in [0.4, 0.5) is 0 Å². The Labute approximate surface area is 195 Å². The van der Waals surface area contributed by atoms with Crippen molar-refractivity contribution in [2.24, 2.45) is 50.7 Å². The number of allylic oxidation sites excluding steroid dienone is 4. The van der Waals surface area contributed by atoms with E-state index < -0.39 is 0 Å². The SMILES string of the molecule is C=C(C)C/C=C/[C@@H](CO)[C@H]1CC[C@@]2(C)[C@@H]3CC[C@H]4C(C)(C)C(=O)C=C[C@@]45C[C@@]35CC[C@]12C. The maximum Gasteiger partial charge on any atom is 0.161 e. The molecule has 0 unspecified atom stereocenters. The molecule has 2 spiro atoms. The Hall–Kier alpha value is -1.15. The second-order valence-electron chi connectivity index (χ2n) is 13.4. The fraction of sp³-hybridized carbons (Fsp3) is 0.767. The van der Waals surface area contributed by atoms with Crippen molar-refractivity contribution < 1.29 is 9.90 Å². The molecule has 0 aliphatic heterocycles. The third-order valence-corrected chi connectivity index (χ3v) is 12.0. The van der Waals surface area contributed by atoms with E-state index in [9.17, 15) is 9.90 Å². The van der Waals surface area contributed by atoms with Crippen LogP contribution in [0.15, 0.2) is 36.5 Å². The highest BCUT2D eigenvalue weighted by molar-refractivity contribution is 5.96. The lowest BCUT2D eigenvalue weighted by Gasteiger charge is -2.62. The van der Waals surface area contributed by atoms with Crippen molar-refractivity contribution in [1.82, 2.24) is 0 Å². The van der Waals surface area contributed by atoms with Crippen LogP contribution in [-0.4, -0.2) is 17.5 Å². The van der Waals surface area contributed by atoms with E-state index in [2.05, 4.69) is 59.4 Å². The monoisotopic (exact) mass is 436 g/mol. The average molecular weight is 437 g/mol. The van der Waals surface area contributed by atoms with Gasteiger partial charge < -0.3 is 5.11 Å². The van der Waals surface area contributed by atoms with Gasteiger partial charge in [-0.25, -0.2) is 0 Å². The first-order valence-corrected chi connectivity index (χ1v) is 13.1. The fourth-order valence-electron chi connectivity index (χ4n) is 10.1. The third-order valence-electron chi connectivity index (χ3n) is 12.0. The number of carbonyl (C=O) groups is 1. The van der Waals surface area contributed by atoms with Gasteiger partial charge in [-0.3, -0.25) is 4.79 Å². The predicted octanol–water partition coefficient (Wildman–Crippen LogP) is 6.90. The molecular weight excluding hydrogens is 392 g/mol. The number of ketones is 1. The second kappa shape index (κ2) is 6.94. The highest BCUT2D eigenvalue weighted by Crippen LogP contribution is 2.87. The Bertz CT molecular complexity index is 895. The summed E-state index contributed by atoms with van der Waals surface area (Å²) in [5.74, 6) is 2.43. The molecular formula is C30H44O2. The van der Waals surface area contributed by atoms with Gasteiger partial charge in [0.15, 0.2) is 5.78 Å². The highest BCUT2D eigenvalue weighted by Gasteiger charge is 2.81. The molecule has 4 saturated carbocycles. The number of rotatable bonds is 5.